The number of nitrogens with zero attached hydrogens (tertiary/aromatic N) is 2. The van der Waals surface area contributed by atoms with Crippen molar-refractivity contribution >= 4 is 12.0 Å². The molecule has 0 unspecified atom stereocenters. The number of phenols is 1. The van der Waals surface area contributed by atoms with E-state index in [1.165, 1.54) is 42.6 Å². The molecule has 0 aliphatic rings. The highest BCUT2D eigenvalue weighted by Gasteiger charge is 2.19. The van der Waals surface area contributed by atoms with Crippen molar-refractivity contribution in [3.05, 3.63) is 77.5 Å². The van der Waals surface area contributed by atoms with E-state index in [9.17, 15) is 18.7 Å². The standard InChI is InChI=1S/C20H16F2N2O2/c1-24(15-7-5-14(21)6-8-15)11-16-13(12-25)9-10-23-20(16)19-17(22)3-2-4-18(19)26/h2-10,12,26H,11H2,1H3. The number of carbonyl (C=O) groups excluding carboxylic acids is 1. The molecule has 0 atom stereocenters. The van der Waals surface area contributed by atoms with Crippen molar-refractivity contribution < 1.29 is 18.7 Å². The first-order valence-corrected chi connectivity index (χ1v) is 7.89. The molecule has 132 valence electrons. The highest BCUT2D eigenvalue weighted by atomic mass is 19.1. The SMILES string of the molecule is CN(Cc1c(C=O)ccnc1-c1c(O)cccc1F)c1ccc(F)cc1. The maximum absolute atomic E-state index is 14.3. The number of aldehydes is 1. The summed E-state index contributed by atoms with van der Waals surface area (Å²) in [6.45, 7) is 0.219. The van der Waals surface area contributed by atoms with Crippen LogP contribution >= 0.6 is 0 Å². The average molecular weight is 354 g/mol. The number of rotatable bonds is 5. The van der Waals surface area contributed by atoms with Crippen LogP contribution < -0.4 is 4.90 Å². The van der Waals surface area contributed by atoms with Crippen molar-refractivity contribution in [1.82, 2.24) is 4.98 Å². The predicted molar refractivity (Wildman–Crippen MR) is 95.2 cm³/mol. The van der Waals surface area contributed by atoms with Gasteiger partial charge in [0.1, 0.15) is 17.4 Å². The fraction of sp³-hybridized carbons (Fsp3) is 0.100. The van der Waals surface area contributed by atoms with Gasteiger partial charge in [0, 0.05) is 36.6 Å². The number of anilines is 1. The second-order valence-electron chi connectivity index (χ2n) is 5.81. The van der Waals surface area contributed by atoms with Crippen LogP contribution in [-0.2, 0) is 6.54 Å². The van der Waals surface area contributed by atoms with Crippen molar-refractivity contribution in [2.24, 2.45) is 0 Å². The lowest BCUT2D eigenvalue weighted by atomic mass is 9.99. The number of aromatic hydroxyl groups is 1. The third-order valence-electron chi connectivity index (χ3n) is 4.11. The minimum Gasteiger partial charge on any atom is -0.507 e. The molecule has 0 fully saturated rings. The van der Waals surface area contributed by atoms with Crippen molar-refractivity contribution in [3.8, 4) is 17.0 Å². The van der Waals surface area contributed by atoms with E-state index in [4.69, 9.17) is 0 Å². The molecular formula is C20H16F2N2O2. The van der Waals surface area contributed by atoms with Gasteiger partial charge in [-0.2, -0.15) is 0 Å². The molecule has 0 radical (unpaired) electrons. The molecule has 0 saturated carbocycles. The molecule has 1 N–H and O–H groups in total. The average Bonchev–Trinajstić information content (AvgIpc) is 2.63. The number of phenolic OH excluding ortho intramolecular Hbond substituents is 1. The Morgan fingerprint density at radius 1 is 1.12 bits per heavy atom. The Morgan fingerprint density at radius 2 is 1.85 bits per heavy atom. The molecule has 3 rings (SSSR count). The Morgan fingerprint density at radius 3 is 2.50 bits per heavy atom. The minimum absolute atomic E-state index is 0.0568. The first kappa shape index (κ1) is 17.5. The zero-order valence-corrected chi connectivity index (χ0v) is 14.0. The number of hydrogen-bond acceptors (Lipinski definition) is 4. The van der Waals surface area contributed by atoms with Crippen LogP contribution in [0.3, 0.4) is 0 Å². The van der Waals surface area contributed by atoms with Gasteiger partial charge in [0.05, 0.1) is 11.3 Å². The molecule has 3 aromatic rings. The van der Waals surface area contributed by atoms with E-state index in [0.717, 1.165) is 5.69 Å². The summed E-state index contributed by atoms with van der Waals surface area (Å²) < 4.78 is 27.4. The monoisotopic (exact) mass is 354 g/mol. The van der Waals surface area contributed by atoms with Gasteiger partial charge in [-0.1, -0.05) is 6.07 Å². The van der Waals surface area contributed by atoms with E-state index in [2.05, 4.69) is 4.98 Å². The quantitative estimate of drug-likeness (QED) is 0.699. The molecular weight excluding hydrogens is 338 g/mol. The van der Waals surface area contributed by atoms with Gasteiger partial charge in [0.15, 0.2) is 6.29 Å². The Bertz CT molecular complexity index is 923. The summed E-state index contributed by atoms with van der Waals surface area (Å²) in [5, 5.41) is 10.1. The molecule has 0 bridgehead atoms. The Labute approximate surface area is 149 Å². The van der Waals surface area contributed by atoms with E-state index < -0.39 is 5.82 Å². The van der Waals surface area contributed by atoms with Crippen LogP contribution in [0.4, 0.5) is 14.5 Å². The summed E-state index contributed by atoms with van der Waals surface area (Å²) >= 11 is 0. The Kier molecular flexibility index (Phi) is 4.93. The Balaban J connectivity index is 2.08. The van der Waals surface area contributed by atoms with E-state index in [1.54, 1.807) is 24.1 Å². The van der Waals surface area contributed by atoms with Crippen molar-refractivity contribution in [3.63, 3.8) is 0 Å². The van der Waals surface area contributed by atoms with E-state index >= 15 is 0 Å². The summed E-state index contributed by atoms with van der Waals surface area (Å²) in [5.74, 6) is -1.24. The summed E-state index contributed by atoms with van der Waals surface area (Å²) in [6, 6.07) is 11.4. The van der Waals surface area contributed by atoms with Gasteiger partial charge in [0.2, 0.25) is 0 Å². The van der Waals surface area contributed by atoms with Crippen molar-refractivity contribution in [1.29, 1.82) is 0 Å². The molecule has 0 spiro atoms. The van der Waals surface area contributed by atoms with Crippen LogP contribution in [0.25, 0.3) is 11.3 Å². The summed E-state index contributed by atoms with van der Waals surface area (Å²) in [4.78, 5) is 17.5. The molecule has 1 aromatic heterocycles. The smallest absolute Gasteiger partial charge is 0.150 e. The molecule has 2 aromatic carbocycles. The van der Waals surface area contributed by atoms with Crippen LogP contribution in [0.15, 0.2) is 54.7 Å². The zero-order chi connectivity index (χ0) is 18.7. The van der Waals surface area contributed by atoms with Crippen LogP contribution in [0.2, 0.25) is 0 Å². The van der Waals surface area contributed by atoms with Gasteiger partial charge in [-0.3, -0.25) is 9.78 Å². The van der Waals surface area contributed by atoms with Gasteiger partial charge in [0.25, 0.3) is 0 Å². The Hall–Kier alpha value is -3.28. The second-order valence-corrected chi connectivity index (χ2v) is 5.81. The lowest BCUT2D eigenvalue weighted by Gasteiger charge is -2.22. The topological polar surface area (TPSA) is 53.4 Å². The van der Waals surface area contributed by atoms with E-state index in [-0.39, 0.29) is 29.4 Å². The fourth-order valence-electron chi connectivity index (χ4n) is 2.77. The van der Waals surface area contributed by atoms with E-state index in [1.807, 2.05) is 0 Å². The molecule has 0 aliphatic heterocycles. The molecule has 0 saturated heterocycles. The third-order valence-corrected chi connectivity index (χ3v) is 4.11. The van der Waals surface area contributed by atoms with Gasteiger partial charge in [-0.25, -0.2) is 8.78 Å². The lowest BCUT2D eigenvalue weighted by Crippen LogP contribution is -2.18. The highest BCUT2D eigenvalue weighted by Crippen LogP contribution is 2.34. The fourth-order valence-corrected chi connectivity index (χ4v) is 2.77. The second kappa shape index (κ2) is 7.31. The third kappa shape index (κ3) is 3.39. The number of aromatic nitrogens is 1. The number of halogens is 2. The first-order chi connectivity index (χ1) is 12.5. The summed E-state index contributed by atoms with van der Waals surface area (Å²) in [6.07, 6.45) is 2.06. The number of pyridine rings is 1. The van der Waals surface area contributed by atoms with Gasteiger partial charge < -0.3 is 10.0 Å². The van der Waals surface area contributed by atoms with Crippen molar-refractivity contribution in [2.45, 2.75) is 6.54 Å². The number of hydrogen-bond donors (Lipinski definition) is 1. The predicted octanol–water partition coefficient (Wildman–Crippen LogP) is 4.18. The van der Waals surface area contributed by atoms with Gasteiger partial charge in [-0.15, -0.1) is 0 Å². The molecule has 0 amide bonds. The molecule has 1 heterocycles. The first-order valence-electron chi connectivity index (χ1n) is 7.89. The largest absolute Gasteiger partial charge is 0.507 e. The van der Waals surface area contributed by atoms with Crippen LogP contribution in [0.1, 0.15) is 15.9 Å². The summed E-state index contributed by atoms with van der Waals surface area (Å²) in [7, 11) is 1.76. The molecule has 26 heavy (non-hydrogen) atoms. The van der Waals surface area contributed by atoms with Crippen LogP contribution in [0, 0.1) is 11.6 Å². The molecule has 6 heteroatoms. The maximum Gasteiger partial charge on any atom is 0.150 e. The van der Waals surface area contributed by atoms with E-state index in [0.29, 0.717) is 17.4 Å². The summed E-state index contributed by atoms with van der Waals surface area (Å²) in [5.41, 5.74) is 1.66. The van der Waals surface area contributed by atoms with Gasteiger partial charge >= 0.3 is 0 Å². The molecule has 0 aliphatic carbocycles. The van der Waals surface area contributed by atoms with Crippen LogP contribution in [-0.4, -0.2) is 23.4 Å². The highest BCUT2D eigenvalue weighted by molar-refractivity contribution is 5.83. The minimum atomic E-state index is -0.633. The van der Waals surface area contributed by atoms with Gasteiger partial charge in [-0.05, 0) is 42.5 Å². The number of benzene rings is 2. The zero-order valence-electron chi connectivity index (χ0n) is 14.0. The van der Waals surface area contributed by atoms with Crippen molar-refractivity contribution in [2.75, 3.05) is 11.9 Å². The van der Waals surface area contributed by atoms with Crippen LogP contribution in [0.5, 0.6) is 5.75 Å². The lowest BCUT2D eigenvalue weighted by molar-refractivity contribution is 0.112. The normalized spacial score (nSPS) is 10.6. The maximum atomic E-state index is 14.3. The molecule has 4 nitrogen and oxygen atoms in total. The number of carbonyl (C=O) groups is 1.